The standard InChI is InChI=1S/C16H16ClNO2/c17-14-7-11(5-6-15(14)19)9-18-13-8-12-3-1-2-4-16(12)20-10-13/h1-7,13,18-19H,8-10H2. The van der Waals surface area contributed by atoms with Gasteiger partial charge in [0.1, 0.15) is 18.1 Å². The molecule has 0 saturated carbocycles. The maximum Gasteiger partial charge on any atom is 0.134 e. The third-order valence-corrected chi connectivity index (χ3v) is 3.79. The molecule has 1 aliphatic rings. The van der Waals surface area contributed by atoms with Crippen LogP contribution in [0.5, 0.6) is 11.5 Å². The summed E-state index contributed by atoms with van der Waals surface area (Å²) >= 11 is 5.90. The van der Waals surface area contributed by atoms with Gasteiger partial charge in [0, 0.05) is 12.6 Å². The lowest BCUT2D eigenvalue weighted by Gasteiger charge is -2.26. The van der Waals surface area contributed by atoms with Crippen LogP contribution in [0.15, 0.2) is 42.5 Å². The molecule has 0 aliphatic carbocycles. The summed E-state index contributed by atoms with van der Waals surface area (Å²) in [5.41, 5.74) is 2.28. The van der Waals surface area contributed by atoms with Crippen LogP contribution < -0.4 is 10.1 Å². The first-order valence-electron chi connectivity index (χ1n) is 6.64. The predicted molar refractivity (Wildman–Crippen MR) is 79.4 cm³/mol. The van der Waals surface area contributed by atoms with Gasteiger partial charge in [0.25, 0.3) is 0 Å². The number of para-hydroxylation sites is 1. The van der Waals surface area contributed by atoms with E-state index in [-0.39, 0.29) is 11.8 Å². The van der Waals surface area contributed by atoms with E-state index in [1.54, 1.807) is 12.1 Å². The van der Waals surface area contributed by atoms with E-state index >= 15 is 0 Å². The predicted octanol–water partition coefficient (Wildman–Crippen LogP) is 3.14. The molecular formula is C16H16ClNO2. The van der Waals surface area contributed by atoms with Crippen molar-refractivity contribution >= 4 is 11.6 Å². The third-order valence-electron chi connectivity index (χ3n) is 3.49. The molecule has 3 rings (SSSR count). The van der Waals surface area contributed by atoms with Crippen molar-refractivity contribution in [2.24, 2.45) is 0 Å². The van der Waals surface area contributed by atoms with Crippen LogP contribution in [-0.4, -0.2) is 17.8 Å². The number of aromatic hydroxyl groups is 1. The Morgan fingerprint density at radius 1 is 1.25 bits per heavy atom. The number of benzene rings is 2. The van der Waals surface area contributed by atoms with Crippen LogP contribution in [-0.2, 0) is 13.0 Å². The van der Waals surface area contributed by atoms with Gasteiger partial charge in [-0.3, -0.25) is 0 Å². The Bertz CT molecular complexity index is 615. The number of nitrogens with one attached hydrogen (secondary N) is 1. The van der Waals surface area contributed by atoms with Gasteiger partial charge in [0.15, 0.2) is 0 Å². The second-order valence-electron chi connectivity index (χ2n) is 4.99. The molecule has 2 aromatic carbocycles. The Kier molecular flexibility index (Phi) is 3.81. The lowest BCUT2D eigenvalue weighted by Crippen LogP contribution is -2.38. The molecule has 3 nitrogen and oxygen atoms in total. The highest BCUT2D eigenvalue weighted by Crippen LogP contribution is 2.25. The van der Waals surface area contributed by atoms with Crippen molar-refractivity contribution < 1.29 is 9.84 Å². The molecule has 1 heterocycles. The zero-order valence-electron chi connectivity index (χ0n) is 11.0. The molecule has 1 atom stereocenters. The molecule has 2 aromatic rings. The van der Waals surface area contributed by atoms with Crippen molar-refractivity contribution in [2.75, 3.05) is 6.61 Å². The molecule has 20 heavy (non-hydrogen) atoms. The fraction of sp³-hybridized carbons (Fsp3) is 0.250. The van der Waals surface area contributed by atoms with Gasteiger partial charge in [-0.25, -0.2) is 0 Å². The quantitative estimate of drug-likeness (QED) is 0.912. The Balaban J connectivity index is 1.61. The summed E-state index contributed by atoms with van der Waals surface area (Å²) in [6.07, 6.45) is 0.960. The zero-order valence-corrected chi connectivity index (χ0v) is 11.7. The molecule has 0 saturated heterocycles. The molecule has 2 N–H and O–H groups in total. The van der Waals surface area contributed by atoms with Gasteiger partial charge in [-0.05, 0) is 35.7 Å². The third kappa shape index (κ3) is 2.89. The highest BCUT2D eigenvalue weighted by Gasteiger charge is 2.18. The average molecular weight is 290 g/mol. The fourth-order valence-corrected chi connectivity index (χ4v) is 2.58. The lowest BCUT2D eigenvalue weighted by molar-refractivity contribution is 0.238. The van der Waals surface area contributed by atoms with Crippen LogP contribution in [0, 0.1) is 0 Å². The van der Waals surface area contributed by atoms with Crippen molar-refractivity contribution in [1.82, 2.24) is 5.32 Å². The number of phenolic OH excluding ortho intramolecular Hbond substituents is 1. The molecule has 4 heteroatoms. The lowest BCUT2D eigenvalue weighted by atomic mass is 10.0. The van der Waals surface area contributed by atoms with Crippen molar-refractivity contribution in [3.63, 3.8) is 0 Å². The van der Waals surface area contributed by atoms with Crippen molar-refractivity contribution in [2.45, 2.75) is 19.0 Å². The number of fused-ring (bicyclic) bond motifs is 1. The van der Waals surface area contributed by atoms with Crippen molar-refractivity contribution in [3.05, 3.63) is 58.6 Å². The number of phenols is 1. The summed E-state index contributed by atoms with van der Waals surface area (Å²) in [4.78, 5) is 0. The summed E-state index contributed by atoms with van der Waals surface area (Å²) < 4.78 is 5.74. The van der Waals surface area contributed by atoms with Gasteiger partial charge in [-0.1, -0.05) is 35.9 Å². The molecule has 0 radical (unpaired) electrons. The van der Waals surface area contributed by atoms with Gasteiger partial charge < -0.3 is 15.2 Å². The zero-order chi connectivity index (χ0) is 13.9. The Morgan fingerprint density at radius 2 is 2.10 bits per heavy atom. The first-order valence-corrected chi connectivity index (χ1v) is 7.01. The molecule has 1 unspecified atom stereocenters. The minimum Gasteiger partial charge on any atom is -0.506 e. The molecule has 0 aromatic heterocycles. The largest absolute Gasteiger partial charge is 0.506 e. The topological polar surface area (TPSA) is 41.5 Å². The summed E-state index contributed by atoms with van der Waals surface area (Å²) in [5.74, 6) is 1.10. The van der Waals surface area contributed by atoms with E-state index in [9.17, 15) is 5.11 Å². The monoisotopic (exact) mass is 289 g/mol. The SMILES string of the molecule is Oc1ccc(CNC2COc3ccccc3C2)cc1Cl. The van der Waals surface area contributed by atoms with E-state index in [2.05, 4.69) is 11.4 Å². The number of hydrogen-bond donors (Lipinski definition) is 2. The molecule has 0 spiro atoms. The summed E-state index contributed by atoms with van der Waals surface area (Å²) in [6.45, 7) is 1.37. The van der Waals surface area contributed by atoms with Gasteiger partial charge in [0.2, 0.25) is 0 Å². The highest BCUT2D eigenvalue weighted by atomic mass is 35.5. The van der Waals surface area contributed by atoms with Gasteiger partial charge in [-0.2, -0.15) is 0 Å². The summed E-state index contributed by atoms with van der Waals surface area (Å²) in [5, 5.41) is 13.2. The first kappa shape index (κ1) is 13.3. The Labute approximate surface area is 123 Å². The van der Waals surface area contributed by atoms with Crippen molar-refractivity contribution in [1.29, 1.82) is 0 Å². The minimum atomic E-state index is 0.116. The van der Waals surface area contributed by atoms with Crippen LogP contribution in [0.3, 0.4) is 0 Å². The number of ether oxygens (including phenoxy) is 1. The maximum atomic E-state index is 9.40. The molecule has 0 bridgehead atoms. The van der Waals surface area contributed by atoms with E-state index in [1.165, 1.54) is 5.56 Å². The smallest absolute Gasteiger partial charge is 0.134 e. The summed E-state index contributed by atoms with van der Waals surface area (Å²) in [7, 11) is 0. The second kappa shape index (κ2) is 5.73. The van der Waals surface area contributed by atoms with E-state index in [0.717, 1.165) is 17.7 Å². The molecule has 1 aliphatic heterocycles. The molecular weight excluding hydrogens is 274 g/mol. The van der Waals surface area contributed by atoms with Crippen LogP contribution in [0.25, 0.3) is 0 Å². The number of rotatable bonds is 3. The van der Waals surface area contributed by atoms with Crippen LogP contribution >= 0.6 is 11.6 Å². The summed E-state index contributed by atoms with van der Waals surface area (Å²) in [6, 6.07) is 13.7. The normalized spacial score (nSPS) is 17.4. The molecule has 0 fully saturated rings. The van der Waals surface area contributed by atoms with Gasteiger partial charge >= 0.3 is 0 Å². The number of hydrogen-bond acceptors (Lipinski definition) is 3. The van der Waals surface area contributed by atoms with Gasteiger partial charge in [-0.15, -0.1) is 0 Å². The Hall–Kier alpha value is -1.71. The molecule has 0 amide bonds. The second-order valence-corrected chi connectivity index (χ2v) is 5.39. The first-order chi connectivity index (χ1) is 9.72. The van der Waals surface area contributed by atoms with E-state index in [4.69, 9.17) is 16.3 Å². The maximum absolute atomic E-state index is 9.40. The van der Waals surface area contributed by atoms with E-state index in [1.807, 2.05) is 24.3 Å². The van der Waals surface area contributed by atoms with Crippen molar-refractivity contribution in [3.8, 4) is 11.5 Å². The molecule has 104 valence electrons. The van der Waals surface area contributed by atoms with Crippen LogP contribution in [0.4, 0.5) is 0 Å². The Morgan fingerprint density at radius 3 is 2.95 bits per heavy atom. The number of halogens is 1. The highest BCUT2D eigenvalue weighted by molar-refractivity contribution is 6.32. The van der Waals surface area contributed by atoms with E-state index in [0.29, 0.717) is 18.2 Å². The van der Waals surface area contributed by atoms with E-state index < -0.39 is 0 Å². The fourth-order valence-electron chi connectivity index (χ4n) is 2.38. The minimum absolute atomic E-state index is 0.116. The van der Waals surface area contributed by atoms with Crippen LogP contribution in [0.1, 0.15) is 11.1 Å². The average Bonchev–Trinajstić information content (AvgIpc) is 2.48. The van der Waals surface area contributed by atoms with Gasteiger partial charge in [0.05, 0.1) is 5.02 Å². The van der Waals surface area contributed by atoms with Crippen LogP contribution in [0.2, 0.25) is 5.02 Å².